The van der Waals surface area contributed by atoms with Gasteiger partial charge in [0.15, 0.2) is 11.5 Å². The molecule has 0 spiro atoms. The second-order valence-electron chi connectivity index (χ2n) is 6.45. The maximum atomic E-state index is 11.9. The van der Waals surface area contributed by atoms with Crippen LogP contribution in [-0.4, -0.2) is 31.3 Å². The summed E-state index contributed by atoms with van der Waals surface area (Å²) < 4.78 is 21.8. The van der Waals surface area contributed by atoms with Crippen LogP contribution in [-0.2, 0) is 11.3 Å². The third kappa shape index (κ3) is 5.06. The van der Waals surface area contributed by atoms with Crippen molar-refractivity contribution >= 4 is 17.3 Å². The van der Waals surface area contributed by atoms with E-state index in [1.54, 1.807) is 38.5 Å². The van der Waals surface area contributed by atoms with Gasteiger partial charge in [-0.2, -0.15) is 0 Å². The highest BCUT2D eigenvalue weighted by Gasteiger charge is 2.15. The van der Waals surface area contributed by atoms with Crippen molar-refractivity contribution in [1.29, 1.82) is 0 Å². The molecule has 2 aromatic carbocycles. The zero-order valence-corrected chi connectivity index (χ0v) is 17.6. The fraction of sp³-hybridized carbons (Fsp3) is 0.273. The fourth-order valence-corrected chi connectivity index (χ4v) is 3.51. The van der Waals surface area contributed by atoms with Crippen molar-refractivity contribution < 1.29 is 23.7 Å². The monoisotopic (exact) mass is 413 g/mol. The smallest absolute Gasteiger partial charge is 0.338 e. The topological polar surface area (TPSA) is 66.9 Å². The second kappa shape index (κ2) is 9.43. The van der Waals surface area contributed by atoms with E-state index in [9.17, 15) is 4.79 Å². The minimum Gasteiger partial charge on any atom is -0.493 e. The first-order chi connectivity index (χ1) is 14.0. The molecule has 1 heterocycles. The maximum absolute atomic E-state index is 11.9. The molecule has 0 saturated heterocycles. The molecule has 3 aromatic rings. The molecule has 0 atom stereocenters. The van der Waals surface area contributed by atoms with Crippen LogP contribution in [0.4, 0.5) is 0 Å². The molecule has 0 fully saturated rings. The number of aromatic nitrogens is 1. The Labute approximate surface area is 174 Å². The Morgan fingerprint density at radius 1 is 1.07 bits per heavy atom. The van der Waals surface area contributed by atoms with E-state index in [-0.39, 0.29) is 12.1 Å². The normalized spacial score (nSPS) is 10.7. The minimum absolute atomic E-state index is 0.152. The molecule has 0 bridgehead atoms. The van der Waals surface area contributed by atoms with Crippen LogP contribution in [0.2, 0.25) is 0 Å². The molecule has 0 N–H and O–H groups in total. The quantitative estimate of drug-likeness (QED) is 0.486. The van der Waals surface area contributed by atoms with Gasteiger partial charge in [0, 0.05) is 5.38 Å². The molecule has 0 radical (unpaired) electrons. The molecule has 1 aromatic heterocycles. The summed E-state index contributed by atoms with van der Waals surface area (Å²) in [4.78, 5) is 16.5. The Morgan fingerprint density at radius 3 is 2.48 bits per heavy atom. The first-order valence-corrected chi connectivity index (χ1v) is 9.99. The van der Waals surface area contributed by atoms with Gasteiger partial charge in [-0.25, -0.2) is 9.78 Å². The van der Waals surface area contributed by atoms with Crippen molar-refractivity contribution in [3.63, 3.8) is 0 Å². The predicted molar refractivity (Wildman–Crippen MR) is 112 cm³/mol. The van der Waals surface area contributed by atoms with Gasteiger partial charge >= 0.3 is 5.97 Å². The first kappa shape index (κ1) is 20.7. The van der Waals surface area contributed by atoms with Crippen molar-refractivity contribution in [2.24, 2.45) is 0 Å². The van der Waals surface area contributed by atoms with E-state index >= 15 is 0 Å². The maximum Gasteiger partial charge on any atom is 0.338 e. The Hall–Kier alpha value is -3.06. The lowest BCUT2D eigenvalue weighted by atomic mass is 10.2. The number of benzene rings is 2. The molecule has 0 aliphatic carbocycles. The molecule has 29 heavy (non-hydrogen) atoms. The Kier molecular flexibility index (Phi) is 6.72. The number of hydrogen-bond acceptors (Lipinski definition) is 7. The zero-order valence-electron chi connectivity index (χ0n) is 16.8. The van der Waals surface area contributed by atoms with Crippen LogP contribution in [0.15, 0.2) is 47.8 Å². The van der Waals surface area contributed by atoms with Gasteiger partial charge in [0.1, 0.15) is 17.4 Å². The lowest BCUT2D eigenvalue weighted by molar-refractivity contribution is 0.0378. The summed E-state index contributed by atoms with van der Waals surface area (Å²) in [7, 11) is 3.22. The van der Waals surface area contributed by atoms with Crippen LogP contribution < -0.4 is 14.2 Å². The average molecular weight is 413 g/mol. The van der Waals surface area contributed by atoms with E-state index in [1.807, 2.05) is 37.4 Å². The number of para-hydroxylation sites is 1. The number of hydrogen-bond donors (Lipinski definition) is 0. The van der Waals surface area contributed by atoms with Gasteiger partial charge in [-0.15, -0.1) is 11.3 Å². The highest BCUT2D eigenvalue weighted by Crippen LogP contribution is 2.39. The van der Waals surface area contributed by atoms with E-state index in [4.69, 9.17) is 18.9 Å². The summed E-state index contributed by atoms with van der Waals surface area (Å²) in [5.41, 5.74) is 2.17. The van der Waals surface area contributed by atoms with Gasteiger partial charge in [-0.3, -0.25) is 0 Å². The van der Waals surface area contributed by atoms with Gasteiger partial charge in [0.05, 0.1) is 37.1 Å². The van der Waals surface area contributed by atoms with Crippen molar-refractivity contribution in [3.8, 4) is 27.8 Å². The number of carbonyl (C=O) groups excluding carboxylic acids is 1. The molecule has 0 saturated carbocycles. The minimum atomic E-state index is -0.345. The van der Waals surface area contributed by atoms with Gasteiger partial charge in [0.25, 0.3) is 0 Å². The summed E-state index contributed by atoms with van der Waals surface area (Å²) in [6.07, 6.45) is -0.152. The van der Waals surface area contributed by atoms with Crippen molar-refractivity contribution in [2.75, 3.05) is 14.2 Å². The molecule has 3 rings (SSSR count). The highest BCUT2D eigenvalue weighted by molar-refractivity contribution is 7.13. The molecule has 6 nitrogen and oxygen atoms in total. The third-order valence-corrected chi connectivity index (χ3v) is 4.93. The molecule has 0 aliphatic rings. The number of ether oxygens (including phenoxy) is 4. The van der Waals surface area contributed by atoms with Crippen LogP contribution in [0, 0.1) is 0 Å². The van der Waals surface area contributed by atoms with Crippen LogP contribution >= 0.6 is 11.3 Å². The fourth-order valence-electron chi connectivity index (χ4n) is 2.68. The molecule has 0 unspecified atom stereocenters. The largest absolute Gasteiger partial charge is 0.493 e. The molecule has 0 amide bonds. The van der Waals surface area contributed by atoms with Gasteiger partial charge in [-0.05, 0) is 50.2 Å². The summed E-state index contributed by atoms with van der Waals surface area (Å²) in [5, 5.41) is 2.77. The van der Waals surface area contributed by atoms with Crippen molar-refractivity contribution in [2.45, 2.75) is 26.6 Å². The summed E-state index contributed by atoms with van der Waals surface area (Å²) in [5.74, 6) is 1.62. The Balaban J connectivity index is 1.66. The second-order valence-corrected chi connectivity index (χ2v) is 7.31. The van der Waals surface area contributed by atoms with Crippen LogP contribution in [0.5, 0.6) is 17.2 Å². The number of esters is 1. The van der Waals surface area contributed by atoms with Gasteiger partial charge < -0.3 is 18.9 Å². The first-order valence-electron chi connectivity index (χ1n) is 9.11. The Bertz CT molecular complexity index is 966. The van der Waals surface area contributed by atoms with E-state index in [2.05, 4.69) is 4.98 Å². The average Bonchev–Trinajstić information content (AvgIpc) is 3.20. The number of rotatable bonds is 8. The van der Waals surface area contributed by atoms with E-state index in [1.165, 1.54) is 11.3 Å². The zero-order chi connectivity index (χ0) is 20.8. The van der Waals surface area contributed by atoms with Crippen LogP contribution in [0.1, 0.15) is 29.9 Å². The van der Waals surface area contributed by atoms with Gasteiger partial charge in [0.2, 0.25) is 0 Å². The molecular formula is C22H23NO5S. The predicted octanol–water partition coefficient (Wildman–Crippen LogP) is 4.97. The van der Waals surface area contributed by atoms with E-state index in [0.717, 1.165) is 16.3 Å². The molecule has 7 heteroatoms. The summed E-state index contributed by atoms with van der Waals surface area (Å²) in [6.45, 7) is 3.95. The number of carbonyl (C=O) groups is 1. The number of thiazole rings is 1. The summed E-state index contributed by atoms with van der Waals surface area (Å²) in [6, 6.07) is 12.6. The van der Waals surface area contributed by atoms with Gasteiger partial charge in [-0.1, -0.05) is 6.07 Å². The molecule has 152 valence electrons. The van der Waals surface area contributed by atoms with E-state index < -0.39 is 0 Å². The summed E-state index contributed by atoms with van der Waals surface area (Å²) >= 11 is 1.51. The van der Waals surface area contributed by atoms with Crippen molar-refractivity contribution in [3.05, 3.63) is 59.1 Å². The lowest BCUT2D eigenvalue weighted by Crippen LogP contribution is -2.11. The van der Waals surface area contributed by atoms with Crippen LogP contribution in [0.25, 0.3) is 10.6 Å². The number of nitrogens with zero attached hydrogens (tertiary/aromatic N) is 1. The standard InChI is InChI=1S/C22H23NO5S/c1-14(2)28-22(24)15-8-10-17(11-9-15)27-12-16-13-29-21(23-16)18-6-5-7-19(25-3)20(18)26-4/h5-11,13-14H,12H2,1-4H3. The number of methoxy groups -OCH3 is 2. The van der Waals surface area contributed by atoms with Crippen molar-refractivity contribution in [1.82, 2.24) is 4.98 Å². The lowest BCUT2D eigenvalue weighted by Gasteiger charge is -2.10. The van der Waals surface area contributed by atoms with E-state index in [0.29, 0.717) is 29.4 Å². The SMILES string of the molecule is COc1cccc(-c2nc(COc3ccc(C(=O)OC(C)C)cc3)cs2)c1OC. The molecule has 0 aliphatic heterocycles. The molecular weight excluding hydrogens is 390 g/mol. The Morgan fingerprint density at radius 2 is 1.83 bits per heavy atom. The highest BCUT2D eigenvalue weighted by atomic mass is 32.1. The third-order valence-electron chi connectivity index (χ3n) is 4.00. The van der Waals surface area contributed by atoms with Crippen LogP contribution in [0.3, 0.4) is 0 Å².